The normalized spacial score (nSPS) is 17.4. The molecule has 7 heteroatoms. The van der Waals surface area contributed by atoms with Crippen LogP contribution in [0.4, 0.5) is 5.69 Å². The van der Waals surface area contributed by atoms with Crippen LogP contribution >= 0.6 is 23.2 Å². The summed E-state index contributed by atoms with van der Waals surface area (Å²) in [5.74, 6) is 0.162. The number of rotatable bonds is 5. The van der Waals surface area contributed by atoms with E-state index in [4.69, 9.17) is 23.2 Å². The highest BCUT2D eigenvalue weighted by Gasteiger charge is 2.26. The van der Waals surface area contributed by atoms with Gasteiger partial charge in [0, 0.05) is 43.4 Å². The molecule has 2 aliphatic heterocycles. The van der Waals surface area contributed by atoms with Crippen molar-refractivity contribution in [1.82, 2.24) is 15.2 Å². The maximum atomic E-state index is 12.9. The predicted molar refractivity (Wildman–Crippen MR) is 123 cm³/mol. The summed E-state index contributed by atoms with van der Waals surface area (Å²) >= 11 is 12.5. The van der Waals surface area contributed by atoms with E-state index in [1.807, 2.05) is 29.0 Å². The monoisotopic (exact) mass is 444 g/mol. The minimum Gasteiger partial charge on any atom is -0.340 e. The SMILES string of the molecule is CC1=C(CC(=O)N2CCN(Cc3ccccc3)CC2)NN(c2cc(Cl)ccc2Cl)C1. The second-order valence-electron chi connectivity index (χ2n) is 7.87. The van der Waals surface area contributed by atoms with Gasteiger partial charge >= 0.3 is 0 Å². The van der Waals surface area contributed by atoms with Gasteiger partial charge in [0.05, 0.1) is 23.7 Å². The van der Waals surface area contributed by atoms with Crippen LogP contribution in [0.25, 0.3) is 0 Å². The first-order valence-corrected chi connectivity index (χ1v) is 11.0. The molecule has 0 unspecified atom stereocenters. The van der Waals surface area contributed by atoms with Gasteiger partial charge in [-0.3, -0.25) is 14.7 Å². The third kappa shape index (κ3) is 4.91. The number of benzene rings is 2. The summed E-state index contributed by atoms with van der Waals surface area (Å²) in [6.07, 6.45) is 0.374. The van der Waals surface area contributed by atoms with E-state index in [1.165, 1.54) is 5.56 Å². The Morgan fingerprint density at radius 1 is 1.03 bits per heavy atom. The van der Waals surface area contributed by atoms with Crippen LogP contribution in [0.3, 0.4) is 0 Å². The number of halogens is 2. The lowest BCUT2D eigenvalue weighted by Crippen LogP contribution is -2.48. The third-order valence-corrected chi connectivity index (χ3v) is 6.24. The molecule has 0 atom stereocenters. The van der Waals surface area contributed by atoms with Crippen molar-refractivity contribution in [3.8, 4) is 0 Å². The third-order valence-electron chi connectivity index (χ3n) is 5.68. The lowest BCUT2D eigenvalue weighted by molar-refractivity contribution is -0.132. The summed E-state index contributed by atoms with van der Waals surface area (Å²) in [6.45, 7) is 6.99. The van der Waals surface area contributed by atoms with E-state index in [1.54, 1.807) is 12.1 Å². The van der Waals surface area contributed by atoms with Gasteiger partial charge in [-0.1, -0.05) is 53.5 Å². The van der Waals surface area contributed by atoms with E-state index in [9.17, 15) is 4.79 Å². The summed E-state index contributed by atoms with van der Waals surface area (Å²) < 4.78 is 0. The summed E-state index contributed by atoms with van der Waals surface area (Å²) in [4.78, 5) is 17.3. The Bertz CT molecular complexity index is 939. The molecule has 4 rings (SSSR count). The van der Waals surface area contributed by atoms with Crippen LogP contribution in [-0.4, -0.2) is 48.4 Å². The first-order valence-electron chi connectivity index (χ1n) is 10.2. The molecule has 0 aliphatic carbocycles. The van der Waals surface area contributed by atoms with Crippen LogP contribution in [0.5, 0.6) is 0 Å². The fraction of sp³-hybridized carbons (Fsp3) is 0.348. The van der Waals surface area contributed by atoms with Crippen molar-refractivity contribution in [3.63, 3.8) is 0 Å². The van der Waals surface area contributed by atoms with Crippen LogP contribution in [-0.2, 0) is 11.3 Å². The molecule has 0 radical (unpaired) electrons. The lowest BCUT2D eigenvalue weighted by Gasteiger charge is -2.35. The average Bonchev–Trinajstić information content (AvgIpc) is 3.11. The minimum atomic E-state index is 0.162. The molecule has 30 heavy (non-hydrogen) atoms. The van der Waals surface area contributed by atoms with E-state index in [2.05, 4.69) is 34.6 Å². The average molecular weight is 445 g/mol. The number of hydrazine groups is 1. The number of carbonyl (C=O) groups excluding carboxylic acids is 1. The van der Waals surface area contributed by atoms with Gasteiger partial charge in [0.15, 0.2) is 0 Å². The second kappa shape index (κ2) is 9.29. The Balaban J connectivity index is 1.30. The van der Waals surface area contributed by atoms with Gasteiger partial charge in [-0.25, -0.2) is 0 Å². The molecule has 5 nitrogen and oxygen atoms in total. The Morgan fingerprint density at radius 3 is 2.50 bits per heavy atom. The highest BCUT2D eigenvalue weighted by molar-refractivity contribution is 6.35. The zero-order chi connectivity index (χ0) is 21.1. The van der Waals surface area contributed by atoms with Gasteiger partial charge in [0.2, 0.25) is 5.91 Å². The Morgan fingerprint density at radius 2 is 1.77 bits per heavy atom. The van der Waals surface area contributed by atoms with Crippen molar-refractivity contribution in [3.05, 3.63) is 75.4 Å². The van der Waals surface area contributed by atoms with E-state index in [0.717, 1.165) is 49.7 Å². The number of amides is 1. The standard InChI is InChI=1S/C23H26Cl2N4O/c1-17-15-29(22-13-19(24)7-8-20(22)25)26-21(17)14-23(30)28-11-9-27(10-12-28)16-18-5-3-2-4-6-18/h2-8,13,26H,9-12,14-16H2,1H3. The lowest BCUT2D eigenvalue weighted by atomic mass is 10.1. The van der Waals surface area contributed by atoms with Crippen LogP contribution in [0.1, 0.15) is 18.9 Å². The van der Waals surface area contributed by atoms with E-state index >= 15 is 0 Å². The number of hydrogen-bond acceptors (Lipinski definition) is 4. The quantitative estimate of drug-likeness (QED) is 0.744. The molecule has 0 spiro atoms. The molecule has 1 saturated heterocycles. The first-order chi connectivity index (χ1) is 14.5. The predicted octanol–water partition coefficient (Wildman–Crippen LogP) is 4.33. The molecular weight excluding hydrogens is 419 g/mol. The van der Waals surface area contributed by atoms with Gasteiger partial charge in [-0.15, -0.1) is 0 Å². The fourth-order valence-electron chi connectivity index (χ4n) is 3.92. The summed E-state index contributed by atoms with van der Waals surface area (Å²) in [5.41, 5.74) is 7.57. The van der Waals surface area contributed by atoms with Crippen molar-refractivity contribution in [2.75, 3.05) is 37.7 Å². The maximum absolute atomic E-state index is 12.9. The second-order valence-corrected chi connectivity index (χ2v) is 8.72. The van der Waals surface area contributed by atoms with Gasteiger partial charge in [0.25, 0.3) is 0 Å². The van der Waals surface area contributed by atoms with E-state index in [-0.39, 0.29) is 5.91 Å². The van der Waals surface area contributed by atoms with Crippen molar-refractivity contribution in [2.24, 2.45) is 0 Å². The number of carbonyl (C=O) groups is 1. The fourth-order valence-corrected chi connectivity index (χ4v) is 4.30. The zero-order valence-electron chi connectivity index (χ0n) is 17.1. The molecule has 158 valence electrons. The van der Waals surface area contributed by atoms with Gasteiger partial charge in [-0.05, 0) is 36.3 Å². The van der Waals surface area contributed by atoms with Crippen molar-refractivity contribution >= 4 is 34.8 Å². The molecule has 1 amide bonds. The topological polar surface area (TPSA) is 38.8 Å². The van der Waals surface area contributed by atoms with Gasteiger partial charge in [-0.2, -0.15) is 0 Å². The molecule has 0 aromatic heterocycles. The number of piperazine rings is 1. The van der Waals surface area contributed by atoms with E-state index < -0.39 is 0 Å². The largest absolute Gasteiger partial charge is 0.340 e. The summed E-state index contributed by atoms with van der Waals surface area (Å²) in [7, 11) is 0. The number of nitrogens with one attached hydrogen (secondary N) is 1. The Kier molecular flexibility index (Phi) is 6.52. The number of hydrogen-bond donors (Lipinski definition) is 1. The van der Waals surface area contributed by atoms with Crippen molar-refractivity contribution < 1.29 is 4.79 Å². The molecule has 2 aliphatic rings. The highest BCUT2D eigenvalue weighted by atomic mass is 35.5. The first kappa shape index (κ1) is 21.0. The smallest absolute Gasteiger partial charge is 0.228 e. The molecule has 1 fully saturated rings. The number of anilines is 1. The van der Waals surface area contributed by atoms with Gasteiger partial charge < -0.3 is 10.3 Å². The van der Waals surface area contributed by atoms with Crippen LogP contribution in [0, 0.1) is 0 Å². The number of nitrogens with zero attached hydrogens (tertiary/aromatic N) is 3. The van der Waals surface area contributed by atoms with Crippen LogP contribution < -0.4 is 10.4 Å². The Labute approximate surface area is 187 Å². The molecule has 0 bridgehead atoms. The molecule has 2 aromatic carbocycles. The molecule has 0 saturated carbocycles. The van der Waals surface area contributed by atoms with Crippen LogP contribution in [0.15, 0.2) is 59.8 Å². The summed E-state index contributed by atoms with van der Waals surface area (Å²) in [6, 6.07) is 15.9. The van der Waals surface area contributed by atoms with Crippen LogP contribution in [0.2, 0.25) is 10.0 Å². The molecule has 1 N–H and O–H groups in total. The van der Waals surface area contributed by atoms with Gasteiger partial charge in [0.1, 0.15) is 0 Å². The molecular formula is C23H26Cl2N4O. The molecule has 2 heterocycles. The zero-order valence-corrected chi connectivity index (χ0v) is 18.6. The summed E-state index contributed by atoms with van der Waals surface area (Å²) in [5, 5.41) is 3.21. The minimum absolute atomic E-state index is 0.162. The molecule has 2 aromatic rings. The van der Waals surface area contributed by atoms with Crippen molar-refractivity contribution in [1.29, 1.82) is 0 Å². The Hall–Kier alpha value is -2.21. The van der Waals surface area contributed by atoms with E-state index in [0.29, 0.717) is 23.0 Å². The van der Waals surface area contributed by atoms with Crippen molar-refractivity contribution in [2.45, 2.75) is 19.9 Å². The maximum Gasteiger partial charge on any atom is 0.228 e. The highest BCUT2D eigenvalue weighted by Crippen LogP contribution is 2.31.